The van der Waals surface area contributed by atoms with Crippen molar-refractivity contribution in [1.29, 1.82) is 5.26 Å². The van der Waals surface area contributed by atoms with Gasteiger partial charge >= 0.3 is 0 Å². The number of carbonyl (C=O) groups excluding carboxylic acids is 1. The maximum Gasteiger partial charge on any atom is 0.162 e. The number of Topliss-reactive ketones (excluding diaryl/α,β-unsaturated/α-hetero) is 1. The normalized spacial score (nSPS) is 21.2. The van der Waals surface area contributed by atoms with Crippen LogP contribution in [0.3, 0.4) is 0 Å². The molecule has 142 valence electrons. The fourth-order valence-electron chi connectivity index (χ4n) is 4.17. The van der Waals surface area contributed by atoms with Crippen molar-refractivity contribution in [3.8, 4) is 17.2 Å². The van der Waals surface area contributed by atoms with E-state index in [1.54, 1.807) is 23.5 Å². The van der Waals surface area contributed by atoms with E-state index < -0.39 is 0 Å². The lowest BCUT2D eigenvalue weighted by molar-refractivity contribution is -0.118. The molecule has 1 aliphatic carbocycles. The highest BCUT2D eigenvalue weighted by Crippen LogP contribution is 2.48. The Labute approximate surface area is 168 Å². The van der Waals surface area contributed by atoms with Crippen LogP contribution in [0.2, 0.25) is 0 Å². The summed E-state index contributed by atoms with van der Waals surface area (Å²) in [6.45, 7) is 6.10. The second kappa shape index (κ2) is 6.72. The summed E-state index contributed by atoms with van der Waals surface area (Å²) in [5, 5.41) is 15.1. The Kier molecular flexibility index (Phi) is 4.47. The summed E-state index contributed by atoms with van der Waals surface area (Å²) in [7, 11) is 0. The van der Waals surface area contributed by atoms with Crippen LogP contribution >= 0.6 is 11.3 Å². The average Bonchev–Trinajstić information content (AvgIpc) is 3.09. The molecule has 2 aromatic rings. The van der Waals surface area contributed by atoms with E-state index in [-0.39, 0.29) is 22.9 Å². The van der Waals surface area contributed by atoms with Crippen LogP contribution in [-0.4, -0.2) is 5.78 Å². The summed E-state index contributed by atoms with van der Waals surface area (Å²) in [4.78, 5) is 14.0. The first-order chi connectivity index (χ1) is 13.3. The van der Waals surface area contributed by atoms with Crippen molar-refractivity contribution >= 4 is 17.1 Å². The molecule has 0 spiro atoms. The Bertz CT molecular complexity index is 1070. The van der Waals surface area contributed by atoms with Gasteiger partial charge in [-0.25, -0.2) is 4.39 Å². The number of dihydropyridines is 1. The van der Waals surface area contributed by atoms with Gasteiger partial charge in [0.05, 0.1) is 17.6 Å². The number of hydrogen-bond acceptors (Lipinski definition) is 4. The van der Waals surface area contributed by atoms with Crippen LogP contribution in [0.1, 0.15) is 44.4 Å². The van der Waals surface area contributed by atoms with Gasteiger partial charge in [-0.3, -0.25) is 4.79 Å². The molecule has 0 saturated heterocycles. The van der Waals surface area contributed by atoms with Gasteiger partial charge in [-0.1, -0.05) is 26.0 Å². The van der Waals surface area contributed by atoms with Crippen molar-refractivity contribution in [3.63, 3.8) is 0 Å². The number of ketones is 1. The molecule has 4 rings (SSSR count). The van der Waals surface area contributed by atoms with E-state index in [9.17, 15) is 14.4 Å². The van der Waals surface area contributed by atoms with E-state index in [1.165, 1.54) is 12.1 Å². The molecule has 0 unspecified atom stereocenters. The van der Waals surface area contributed by atoms with Crippen molar-refractivity contribution in [2.45, 2.75) is 39.5 Å². The Morgan fingerprint density at radius 3 is 2.61 bits per heavy atom. The number of benzene rings is 1. The molecule has 5 heteroatoms. The molecule has 0 saturated carbocycles. The Morgan fingerprint density at radius 1 is 1.21 bits per heavy atom. The standard InChI is InChI=1S/C23H21FN2OS/c1-13-17(11-25)21(22-18(26-13)9-23(2,3)10-19(22)27)20-8-15(12-28-20)14-4-6-16(24)7-5-14/h4-8,12,21,26H,9-10H2,1-3H3/t21-/m1/s1. The van der Waals surface area contributed by atoms with Crippen molar-refractivity contribution in [2.75, 3.05) is 0 Å². The number of carbonyl (C=O) groups is 1. The molecule has 0 amide bonds. The predicted molar refractivity (Wildman–Crippen MR) is 109 cm³/mol. The third-order valence-electron chi connectivity index (χ3n) is 5.44. The van der Waals surface area contributed by atoms with Crippen LogP contribution in [0.5, 0.6) is 0 Å². The highest BCUT2D eigenvalue weighted by Gasteiger charge is 2.41. The Morgan fingerprint density at radius 2 is 1.93 bits per heavy atom. The summed E-state index contributed by atoms with van der Waals surface area (Å²) in [5.41, 5.74) is 4.88. The van der Waals surface area contributed by atoms with Crippen LogP contribution in [0.4, 0.5) is 4.39 Å². The lowest BCUT2D eigenvalue weighted by Crippen LogP contribution is -2.36. The molecular weight excluding hydrogens is 371 g/mol. The molecule has 2 heterocycles. The predicted octanol–water partition coefficient (Wildman–Crippen LogP) is 5.68. The number of thiophene rings is 1. The van der Waals surface area contributed by atoms with Gasteiger partial charge in [0, 0.05) is 28.3 Å². The minimum Gasteiger partial charge on any atom is -0.361 e. The minimum atomic E-state index is -0.330. The van der Waals surface area contributed by atoms with Crippen LogP contribution in [0.25, 0.3) is 11.1 Å². The van der Waals surface area contributed by atoms with Crippen LogP contribution in [0, 0.1) is 22.6 Å². The molecule has 0 fully saturated rings. The molecule has 2 aliphatic rings. The zero-order valence-corrected chi connectivity index (χ0v) is 16.9. The largest absolute Gasteiger partial charge is 0.361 e. The summed E-state index contributed by atoms with van der Waals surface area (Å²) in [6.07, 6.45) is 1.27. The molecule has 1 atom stereocenters. The van der Waals surface area contributed by atoms with E-state index >= 15 is 0 Å². The van der Waals surface area contributed by atoms with E-state index in [4.69, 9.17) is 0 Å². The number of hydrogen-bond donors (Lipinski definition) is 1. The zero-order chi connectivity index (χ0) is 20.1. The van der Waals surface area contributed by atoms with E-state index in [2.05, 4.69) is 25.2 Å². The van der Waals surface area contributed by atoms with Crippen molar-refractivity contribution in [1.82, 2.24) is 5.32 Å². The Hall–Kier alpha value is -2.71. The highest BCUT2D eigenvalue weighted by molar-refractivity contribution is 7.10. The summed E-state index contributed by atoms with van der Waals surface area (Å²) in [6, 6.07) is 10.7. The smallest absolute Gasteiger partial charge is 0.162 e. The molecule has 28 heavy (non-hydrogen) atoms. The number of nitriles is 1. The van der Waals surface area contributed by atoms with Gasteiger partial charge < -0.3 is 5.32 Å². The van der Waals surface area contributed by atoms with Gasteiger partial charge in [-0.15, -0.1) is 11.3 Å². The monoisotopic (exact) mass is 392 g/mol. The third-order valence-corrected chi connectivity index (χ3v) is 6.44. The van der Waals surface area contributed by atoms with Gasteiger partial charge in [0.15, 0.2) is 5.78 Å². The second-order valence-corrected chi connectivity index (χ2v) is 9.23. The number of nitrogens with one attached hydrogen (secondary N) is 1. The fourth-order valence-corrected chi connectivity index (χ4v) is 5.20. The van der Waals surface area contributed by atoms with Crippen molar-refractivity contribution in [3.05, 3.63) is 68.9 Å². The highest BCUT2D eigenvalue weighted by atomic mass is 32.1. The number of allylic oxidation sites excluding steroid dienone is 4. The van der Waals surface area contributed by atoms with Gasteiger partial charge in [0.1, 0.15) is 5.82 Å². The summed E-state index contributed by atoms with van der Waals surface area (Å²) in [5.74, 6) is -0.488. The average molecular weight is 392 g/mol. The van der Waals surface area contributed by atoms with Crippen LogP contribution < -0.4 is 5.32 Å². The van der Waals surface area contributed by atoms with Gasteiger partial charge in [-0.05, 0) is 53.5 Å². The van der Waals surface area contributed by atoms with Crippen LogP contribution in [0.15, 0.2) is 58.3 Å². The molecule has 1 aromatic heterocycles. The molecule has 1 aliphatic heterocycles. The maximum atomic E-state index is 13.2. The first kappa shape index (κ1) is 18.6. The quantitative estimate of drug-likeness (QED) is 0.715. The van der Waals surface area contributed by atoms with E-state index in [0.29, 0.717) is 12.0 Å². The molecular formula is C23H21FN2OS. The molecule has 1 N–H and O–H groups in total. The number of nitrogens with zero attached hydrogens (tertiary/aromatic N) is 1. The van der Waals surface area contributed by atoms with Crippen molar-refractivity contribution in [2.24, 2.45) is 5.41 Å². The van der Waals surface area contributed by atoms with E-state index in [1.807, 2.05) is 18.4 Å². The van der Waals surface area contributed by atoms with Gasteiger partial charge in [-0.2, -0.15) is 5.26 Å². The lowest BCUT2D eigenvalue weighted by atomic mass is 9.70. The molecule has 1 aromatic carbocycles. The molecule has 0 radical (unpaired) electrons. The molecule has 0 bridgehead atoms. The fraction of sp³-hybridized carbons (Fsp3) is 0.304. The first-order valence-corrected chi connectivity index (χ1v) is 10.2. The maximum absolute atomic E-state index is 13.2. The third kappa shape index (κ3) is 3.18. The number of rotatable bonds is 2. The van der Waals surface area contributed by atoms with Crippen molar-refractivity contribution < 1.29 is 9.18 Å². The minimum absolute atomic E-state index is 0.0907. The summed E-state index contributed by atoms with van der Waals surface area (Å²) < 4.78 is 13.2. The van der Waals surface area contributed by atoms with Crippen LogP contribution in [-0.2, 0) is 4.79 Å². The lowest BCUT2D eigenvalue weighted by Gasteiger charge is -2.38. The topological polar surface area (TPSA) is 52.9 Å². The Balaban J connectivity index is 1.81. The number of halogens is 1. The molecule has 3 nitrogen and oxygen atoms in total. The second-order valence-electron chi connectivity index (χ2n) is 8.29. The zero-order valence-electron chi connectivity index (χ0n) is 16.1. The summed E-state index contributed by atoms with van der Waals surface area (Å²) >= 11 is 1.54. The van der Waals surface area contributed by atoms with E-state index in [0.717, 1.165) is 39.4 Å². The van der Waals surface area contributed by atoms with Gasteiger partial charge in [0.2, 0.25) is 0 Å². The first-order valence-electron chi connectivity index (χ1n) is 9.27. The van der Waals surface area contributed by atoms with Gasteiger partial charge in [0.25, 0.3) is 0 Å². The SMILES string of the molecule is CC1=C(C#N)[C@H](c2cc(-c3ccc(F)cc3)cs2)C2=C(CC(C)(C)CC2=O)N1.